The predicted molar refractivity (Wildman–Crippen MR) is 112 cm³/mol. The average Bonchev–Trinajstić information content (AvgIpc) is 3.25. The van der Waals surface area contributed by atoms with E-state index in [0.29, 0.717) is 25.9 Å². The molecule has 0 radical (unpaired) electrons. The topological polar surface area (TPSA) is 70.5 Å². The second kappa shape index (κ2) is 9.11. The Labute approximate surface area is 171 Å². The number of nitrogens with one attached hydrogen (secondary N) is 1. The molecule has 1 aromatic carbocycles. The molecule has 29 heavy (non-hydrogen) atoms. The highest BCUT2D eigenvalue weighted by molar-refractivity contribution is 5.79. The number of carbonyl (C=O) groups is 2. The molecule has 1 N–H and O–H groups in total. The van der Waals surface area contributed by atoms with Crippen LogP contribution in [-0.2, 0) is 22.6 Å². The first-order valence-corrected chi connectivity index (χ1v) is 10.6. The normalized spacial score (nSPS) is 19.0. The molecule has 2 aromatic rings. The Morgan fingerprint density at radius 1 is 1.10 bits per heavy atom. The molecule has 1 atom stereocenters. The number of piperazine rings is 1. The molecular weight excluding hydrogens is 366 g/mol. The van der Waals surface area contributed by atoms with Gasteiger partial charge in [0.25, 0.3) is 0 Å². The van der Waals surface area contributed by atoms with Crippen molar-refractivity contribution in [3.63, 3.8) is 0 Å². The Kier molecular flexibility index (Phi) is 6.12. The molecule has 2 aliphatic heterocycles. The van der Waals surface area contributed by atoms with E-state index in [1.807, 2.05) is 29.3 Å². The van der Waals surface area contributed by atoms with Gasteiger partial charge in [-0.3, -0.25) is 9.59 Å². The fourth-order valence-corrected chi connectivity index (χ4v) is 4.19. The van der Waals surface area contributed by atoms with Gasteiger partial charge in [0, 0.05) is 70.2 Å². The summed E-state index contributed by atoms with van der Waals surface area (Å²) in [6.45, 7) is 4.51. The summed E-state index contributed by atoms with van der Waals surface area (Å²) in [5.74, 6) is 1.34. The molecule has 0 bridgehead atoms. The summed E-state index contributed by atoms with van der Waals surface area (Å²) in [5.41, 5.74) is 1.22. The van der Waals surface area contributed by atoms with Gasteiger partial charge >= 0.3 is 0 Å². The van der Waals surface area contributed by atoms with Crippen molar-refractivity contribution in [2.75, 3.05) is 37.6 Å². The number of carbonyl (C=O) groups excluding carboxylic acids is 2. The summed E-state index contributed by atoms with van der Waals surface area (Å²) in [6.07, 6.45) is 6.59. The maximum absolute atomic E-state index is 12.5. The minimum Gasteiger partial charge on any atom is -0.368 e. The Morgan fingerprint density at radius 3 is 2.69 bits per heavy atom. The van der Waals surface area contributed by atoms with Crippen LogP contribution in [0.15, 0.2) is 42.7 Å². The van der Waals surface area contributed by atoms with Crippen LogP contribution in [0, 0.1) is 5.92 Å². The molecule has 3 heterocycles. The molecule has 1 fully saturated rings. The van der Waals surface area contributed by atoms with Crippen LogP contribution in [0.2, 0.25) is 0 Å². The van der Waals surface area contributed by atoms with Gasteiger partial charge in [-0.15, -0.1) is 0 Å². The number of nitrogens with zero attached hydrogens (tertiary/aromatic N) is 4. The van der Waals surface area contributed by atoms with Crippen LogP contribution in [0.4, 0.5) is 5.69 Å². The lowest BCUT2D eigenvalue weighted by molar-refractivity contribution is -0.132. The molecule has 0 aliphatic carbocycles. The van der Waals surface area contributed by atoms with Crippen molar-refractivity contribution in [2.45, 2.75) is 32.2 Å². The molecule has 4 rings (SSSR count). The summed E-state index contributed by atoms with van der Waals surface area (Å²) in [5, 5.41) is 3.01. The number of benzene rings is 1. The summed E-state index contributed by atoms with van der Waals surface area (Å²) >= 11 is 0. The first-order valence-electron chi connectivity index (χ1n) is 10.6. The fraction of sp³-hybridized carbons (Fsp3) is 0.500. The van der Waals surface area contributed by atoms with Crippen LogP contribution < -0.4 is 10.2 Å². The number of hydrogen-bond acceptors (Lipinski definition) is 4. The van der Waals surface area contributed by atoms with Gasteiger partial charge in [0.15, 0.2) is 0 Å². The molecule has 2 aliphatic rings. The van der Waals surface area contributed by atoms with Gasteiger partial charge in [-0.05, 0) is 25.0 Å². The van der Waals surface area contributed by atoms with Crippen molar-refractivity contribution in [3.05, 3.63) is 48.5 Å². The van der Waals surface area contributed by atoms with Crippen molar-refractivity contribution in [1.82, 2.24) is 19.8 Å². The van der Waals surface area contributed by atoms with Crippen LogP contribution >= 0.6 is 0 Å². The van der Waals surface area contributed by atoms with E-state index in [1.54, 1.807) is 6.20 Å². The van der Waals surface area contributed by atoms with Gasteiger partial charge in [0.1, 0.15) is 5.82 Å². The lowest BCUT2D eigenvalue weighted by Crippen LogP contribution is -2.48. The van der Waals surface area contributed by atoms with Gasteiger partial charge in [-0.2, -0.15) is 0 Å². The van der Waals surface area contributed by atoms with Gasteiger partial charge in [0.2, 0.25) is 11.8 Å². The number of anilines is 1. The second-order valence-corrected chi connectivity index (χ2v) is 7.83. The molecule has 2 amide bonds. The SMILES string of the molecule is O=C(NCCCC(=O)N1CCN(c2ccccc2)CC1)[C@@H]1CCc2nccn2C1. The average molecular weight is 396 g/mol. The molecule has 154 valence electrons. The highest BCUT2D eigenvalue weighted by Crippen LogP contribution is 2.19. The van der Waals surface area contributed by atoms with Gasteiger partial charge in [-0.25, -0.2) is 4.98 Å². The number of para-hydroxylation sites is 1. The number of amides is 2. The van der Waals surface area contributed by atoms with Crippen LogP contribution in [-0.4, -0.2) is 59.0 Å². The van der Waals surface area contributed by atoms with E-state index in [-0.39, 0.29) is 17.7 Å². The molecule has 0 saturated carbocycles. The molecule has 1 saturated heterocycles. The second-order valence-electron chi connectivity index (χ2n) is 7.83. The Bertz CT molecular complexity index is 827. The highest BCUT2D eigenvalue weighted by Gasteiger charge is 2.25. The first-order chi connectivity index (χ1) is 14.2. The van der Waals surface area contributed by atoms with Crippen molar-refractivity contribution in [1.29, 1.82) is 0 Å². The maximum atomic E-state index is 12.5. The molecule has 7 nitrogen and oxygen atoms in total. The van der Waals surface area contributed by atoms with E-state index in [1.165, 1.54) is 5.69 Å². The van der Waals surface area contributed by atoms with E-state index in [2.05, 4.69) is 31.9 Å². The third kappa shape index (κ3) is 4.78. The zero-order valence-electron chi connectivity index (χ0n) is 16.8. The Morgan fingerprint density at radius 2 is 1.90 bits per heavy atom. The molecule has 7 heteroatoms. The number of aryl methyl sites for hydroxylation is 1. The van der Waals surface area contributed by atoms with Crippen molar-refractivity contribution < 1.29 is 9.59 Å². The van der Waals surface area contributed by atoms with Gasteiger partial charge < -0.3 is 19.7 Å². The van der Waals surface area contributed by atoms with E-state index >= 15 is 0 Å². The highest BCUT2D eigenvalue weighted by atomic mass is 16.2. The van der Waals surface area contributed by atoms with E-state index in [9.17, 15) is 9.59 Å². The third-order valence-corrected chi connectivity index (χ3v) is 5.93. The van der Waals surface area contributed by atoms with E-state index in [4.69, 9.17) is 0 Å². The lowest BCUT2D eigenvalue weighted by Gasteiger charge is -2.36. The summed E-state index contributed by atoms with van der Waals surface area (Å²) < 4.78 is 2.06. The zero-order valence-corrected chi connectivity index (χ0v) is 16.8. The largest absolute Gasteiger partial charge is 0.368 e. The molecule has 0 spiro atoms. The number of rotatable bonds is 6. The number of imidazole rings is 1. The molecule has 0 unspecified atom stereocenters. The Balaban J connectivity index is 1.13. The summed E-state index contributed by atoms with van der Waals surface area (Å²) in [4.78, 5) is 33.4. The van der Waals surface area contributed by atoms with Gasteiger partial charge in [0.05, 0.1) is 5.92 Å². The smallest absolute Gasteiger partial charge is 0.224 e. The maximum Gasteiger partial charge on any atom is 0.224 e. The van der Waals surface area contributed by atoms with E-state index < -0.39 is 0 Å². The van der Waals surface area contributed by atoms with Crippen molar-refractivity contribution >= 4 is 17.5 Å². The van der Waals surface area contributed by atoms with Crippen molar-refractivity contribution in [2.24, 2.45) is 5.92 Å². The first kappa shape index (κ1) is 19.5. The number of aromatic nitrogens is 2. The number of fused-ring (bicyclic) bond motifs is 1. The molecular formula is C22H29N5O2. The van der Waals surface area contributed by atoms with Gasteiger partial charge in [-0.1, -0.05) is 18.2 Å². The van der Waals surface area contributed by atoms with Crippen LogP contribution in [0.1, 0.15) is 25.1 Å². The standard InChI is InChI=1S/C22H29N5O2/c28-21(26-15-13-25(14-16-26)19-5-2-1-3-6-19)7-4-10-24-22(29)18-8-9-20-23-11-12-27(20)17-18/h1-3,5-6,11-12,18H,4,7-10,13-17H2,(H,24,29)/t18-/m1/s1. The van der Waals surface area contributed by atoms with Crippen LogP contribution in [0.5, 0.6) is 0 Å². The van der Waals surface area contributed by atoms with Crippen LogP contribution in [0.25, 0.3) is 0 Å². The zero-order chi connectivity index (χ0) is 20.1. The monoisotopic (exact) mass is 395 g/mol. The lowest BCUT2D eigenvalue weighted by atomic mass is 9.98. The fourth-order valence-electron chi connectivity index (χ4n) is 4.19. The summed E-state index contributed by atoms with van der Waals surface area (Å²) in [7, 11) is 0. The molecule has 1 aromatic heterocycles. The summed E-state index contributed by atoms with van der Waals surface area (Å²) in [6, 6.07) is 10.3. The van der Waals surface area contributed by atoms with Crippen molar-refractivity contribution in [3.8, 4) is 0 Å². The van der Waals surface area contributed by atoms with Crippen LogP contribution in [0.3, 0.4) is 0 Å². The predicted octanol–water partition coefficient (Wildman–Crippen LogP) is 1.69. The van der Waals surface area contributed by atoms with E-state index in [0.717, 1.165) is 44.8 Å². The quantitative estimate of drug-likeness (QED) is 0.756. The number of hydrogen-bond donors (Lipinski definition) is 1. The minimum absolute atomic E-state index is 0.00142. The minimum atomic E-state index is -0.00142. The Hall–Kier alpha value is -2.83. The third-order valence-electron chi connectivity index (χ3n) is 5.93.